The number of alkyl carbamates (subject to hydrolysis) is 1. The van der Waals surface area contributed by atoms with Crippen molar-refractivity contribution < 1.29 is 82.7 Å². The van der Waals surface area contributed by atoms with Crippen LogP contribution in [0.4, 0.5) is 16.2 Å². The number of fused-ring (bicyclic) bond motifs is 3. The number of rotatable bonds is 20. The van der Waals surface area contributed by atoms with Crippen molar-refractivity contribution in [1.29, 1.82) is 0 Å². The fourth-order valence-corrected chi connectivity index (χ4v) is 10.2. The minimum Gasteiger partial charge on any atom is -0.478 e. The molecule has 8 rings (SSSR count). The number of non-ortho nitro benzene ring substituents is 2. The molecule has 3 unspecified atom stereocenters. The fraction of sp³-hybridized carbons (Fsp3) is 0.286. The van der Waals surface area contributed by atoms with Crippen LogP contribution in [0.5, 0.6) is 0 Å². The number of benzene rings is 7. The van der Waals surface area contributed by atoms with E-state index in [2.05, 4.69) is 79.7 Å². The molecular weight excluding hydrogens is 1470 g/mol. The second-order valence-corrected chi connectivity index (χ2v) is 25.6. The summed E-state index contributed by atoms with van der Waals surface area (Å²) < 4.78 is 18.1. The van der Waals surface area contributed by atoms with Gasteiger partial charge in [0, 0.05) is 67.1 Å². The van der Waals surface area contributed by atoms with Gasteiger partial charge in [-0.25, -0.2) is 26.0 Å². The van der Waals surface area contributed by atoms with Crippen LogP contribution < -0.4 is 32.4 Å². The van der Waals surface area contributed by atoms with Gasteiger partial charge in [-0.2, -0.15) is 0 Å². The first-order valence-corrected chi connectivity index (χ1v) is 32.7. The summed E-state index contributed by atoms with van der Waals surface area (Å²) in [4.78, 5) is 113. The highest BCUT2D eigenvalue weighted by Gasteiger charge is 2.35. The van der Waals surface area contributed by atoms with Gasteiger partial charge in [0.2, 0.25) is 0 Å². The van der Waals surface area contributed by atoms with Crippen molar-refractivity contribution in [1.82, 2.24) is 32.4 Å². The van der Waals surface area contributed by atoms with Crippen LogP contribution in [0.15, 0.2) is 170 Å². The highest BCUT2D eigenvalue weighted by atomic mass is 127. The molecule has 28 heteroatoms. The number of ether oxygens (including phenoxy) is 3. The summed E-state index contributed by atoms with van der Waals surface area (Å²) in [6.45, 7) is 16.1. The summed E-state index contributed by atoms with van der Waals surface area (Å²) >= 11 is 2.03. The van der Waals surface area contributed by atoms with E-state index in [1.807, 2.05) is 94.5 Å². The van der Waals surface area contributed by atoms with Crippen molar-refractivity contribution in [2.24, 2.45) is 0 Å². The summed E-state index contributed by atoms with van der Waals surface area (Å²) in [5.41, 5.74) is 12.8. The molecule has 0 radical (unpaired) electrons. The van der Waals surface area contributed by atoms with Crippen molar-refractivity contribution in [2.45, 2.75) is 123 Å². The molecule has 1 aliphatic rings. The van der Waals surface area contributed by atoms with Gasteiger partial charge in [0.25, 0.3) is 40.9 Å². The van der Waals surface area contributed by atoms with Crippen molar-refractivity contribution in [3.8, 4) is 47.7 Å². The average molecular weight is 1550 g/mol. The topological polar surface area (TPSA) is 385 Å². The first kappa shape index (κ1) is 87.8. The molecule has 0 saturated heterocycles. The Hall–Kier alpha value is -11.4. The number of carboxylic acid groups (broad SMARTS) is 1. The molecular formula is C77H85IN8O19. The highest BCUT2D eigenvalue weighted by Crippen LogP contribution is 2.44. The van der Waals surface area contributed by atoms with E-state index in [1.54, 1.807) is 74.5 Å². The zero-order valence-corrected chi connectivity index (χ0v) is 60.9. The third-order valence-electron chi connectivity index (χ3n) is 14.2. The molecule has 554 valence electrons. The summed E-state index contributed by atoms with van der Waals surface area (Å²) in [7, 11) is 2.65. The lowest BCUT2D eigenvalue weighted by Gasteiger charge is -2.30. The minimum absolute atomic E-state index is 0. The number of amides is 6. The van der Waals surface area contributed by atoms with Crippen molar-refractivity contribution in [2.75, 3.05) is 20.8 Å². The molecule has 0 aromatic heterocycles. The average Bonchev–Trinajstić information content (AvgIpc) is 1.62. The standard InChI is InChI=1S/C24H30N2O5.C19H17N3O6.C18H24N2O4.C9H6O2.C6H4INO2.CH4/c1-15(31-24(2,3)4)21(22(27)26-29-5)25-23(28)30-14-20-18-12-8-6-10-16(18)17-11-7-9-13-19(17)20;1-12(23)17(19(25)21-26)20-18(24)15-9-7-13(8-10-15)5-6-14-3-2-4-16(11-14)22(27)28;1-7-13-8-10-14(11-9-13)16(21)19-15(17(22)20-23-6)12(2)24-18(3,4)5;1-2-7-3-5-8(6-4-7)9(10)11;7-5-2-1-3-6(4-5)8(9)10;/h6-13,15,20-21H,14H2,1-5H3,(H,25,28)(H,26,27);2-4,7-12,17,23,26H,1H3,(H,20,24)(H,21,25);1,8-12,15H,2-6H3,(H,19,21)(H,20,22);1,3-6H,(H,10,11);1-4H;1H4/t15-,21?;12-,17?;12-,15?;;;/m111.../s1. The Labute approximate surface area is 622 Å². The third-order valence-corrected chi connectivity index (χ3v) is 14.9. The Balaban J connectivity index is 0.000000359. The van der Waals surface area contributed by atoms with Gasteiger partial charge < -0.3 is 40.4 Å². The maximum Gasteiger partial charge on any atom is 0.407 e. The zero-order chi connectivity index (χ0) is 77.4. The number of carbonyl (C=O) groups excluding carboxylic acids is 6. The summed E-state index contributed by atoms with van der Waals surface area (Å²) in [5.74, 6) is 6.54. The van der Waals surface area contributed by atoms with Crippen LogP contribution in [0.2, 0.25) is 0 Å². The summed E-state index contributed by atoms with van der Waals surface area (Å²) in [6, 6.07) is 44.2. The second kappa shape index (κ2) is 42.9. The molecule has 0 fully saturated rings. The number of terminal acetylenes is 2. The van der Waals surface area contributed by atoms with E-state index in [4.69, 9.17) is 42.2 Å². The number of nitro benzene ring substituents is 2. The normalized spacial score (nSPS) is 12.5. The van der Waals surface area contributed by atoms with Crippen LogP contribution in [-0.4, -0.2) is 135 Å². The Bertz CT molecular complexity index is 4220. The van der Waals surface area contributed by atoms with E-state index in [1.165, 1.54) is 81.2 Å². The predicted molar refractivity (Wildman–Crippen MR) is 401 cm³/mol. The van der Waals surface area contributed by atoms with E-state index >= 15 is 0 Å². The number of aromatic carboxylic acids is 1. The van der Waals surface area contributed by atoms with Gasteiger partial charge >= 0.3 is 12.1 Å². The Morgan fingerprint density at radius 3 is 1.33 bits per heavy atom. The molecule has 7 aromatic carbocycles. The molecule has 6 amide bonds. The van der Waals surface area contributed by atoms with Gasteiger partial charge in [0.15, 0.2) is 0 Å². The molecule has 0 spiro atoms. The number of nitro groups is 2. The summed E-state index contributed by atoms with van der Waals surface area (Å²) in [6.07, 6.45) is 7.31. The Morgan fingerprint density at radius 1 is 0.543 bits per heavy atom. The number of nitrogens with one attached hydrogen (secondary N) is 6. The number of hydrogen-bond donors (Lipinski definition) is 9. The van der Waals surface area contributed by atoms with Crippen molar-refractivity contribution in [3.05, 3.63) is 244 Å². The number of aliphatic hydroxyl groups excluding tert-OH is 1. The van der Waals surface area contributed by atoms with Gasteiger partial charge in [0.05, 0.1) is 59.1 Å². The van der Waals surface area contributed by atoms with E-state index < -0.39 is 99.1 Å². The van der Waals surface area contributed by atoms with E-state index in [0.29, 0.717) is 27.8 Å². The zero-order valence-electron chi connectivity index (χ0n) is 58.7. The Kier molecular flexibility index (Phi) is 35.9. The predicted octanol–water partition coefficient (Wildman–Crippen LogP) is 10.6. The number of nitrogens with zero attached hydrogens (tertiary/aromatic N) is 2. The van der Waals surface area contributed by atoms with Gasteiger partial charge in [-0.1, -0.05) is 91.8 Å². The van der Waals surface area contributed by atoms with Gasteiger partial charge in [-0.3, -0.25) is 59.1 Å². The highest BCUT2D eigenvalue weighted by molar-refractivity contribution is 14.1. The molecule has 0 saturated carbocycles. The number of aliphatic hydroxyl groups is 1. The van der Waals surface area contributed by atoms with Crippen LogP contribution in [-0.2, 0) is 38.3 Å². The SMILES string of the molecule is C.C#Cc1ccc(C(=O)NC(C(=O)NOC)[C@@H](C)OC(C)(C)C)cc1.C#Cc1ccc(C(=O)O)cc1.CONC(=O)C(NC(=O)OCC1c2ccccc2-c2ccccc21)[C@@H](C)OC(C)(C)C.C[C@@H](O)C(NC(=O)c1ccc(C#Cc2cccc([N+](=O)[O-])c2)cc1)C(=O)NO.O=[N+]([O-])c1cccc(I)c1. The van der Waals surface area contributed by atoms with Gasteiger partial charge in [-0.15, -0.1) is 12.8 Å². The second-order valence-electron chi connectivity index (χ2n) is 24.4. The van der Waals surface area contributed by atoms with Crippen LogP contribution >= 0.6 is 22.6 Å². The molecule has 0 heterocycles. The monoisotopic (exact) mass is 1550 g/mol. The number of carbonyl (C=O) groups is 7. The number of carboxylic acids is 1. The quantitative estimate of drug-likeness (QED) is 0.0113. The fourth-order valence-electron chi connectivity index (χ4n) is 9.63. The van der Waals surface area contributed by atoms with E-state index in [0.717, 1.165) is 25.8 Å². The van der Waals surface area contributed by atoms with Crippen LogP contribution in [0, 0.1) is 60.3 Å². The number of hydroxylamine groups is 3. The molecule has 6 atom stereocenters. The van der Waals surface area contributed by atoms with E-state index in [-0.39, 0.29) is 42.5 Å². The van der Waals surface area contributed by atoms with Crippen LogP contribution in [0.1, 0.15) is 140 Å². The molecule has 27 nitrogen and oxygen atoms in total. The number of halogens is 1. The minimum atomic E-state index is -1.31. The first-order chi connectivity index (χ1) is 49.1. The molecule has 105 heavy (non-hydrogen) atoms. The van der Waals surface area contributed by atoms with Crippen LogP contribution in [0.25, 0.3) is 11.1 Å². The van der Waals surface area contributed by atoms with Gasteiger partial charge in [0.1, 0.15) is 24.7 Å². The molecule has 9 N–H and O–H groups in total. The maximum atomic E-state index is 12.6. The Morgan fingerprint density at radius 2 is 0.943 bits per heavy atom. The molecule has 7 aromatic rings. The first-order valence-electron chi connectivity index (χ1n) is 31.6. The molecule has 1 aliphatic carbocycles. The lowest BCUT2D eigenvalue weighted by atomic mass is 9.98. The largest absolute Gasteiger partial charge is 0.478 e. The van der Waals surface area contributed by atoms with Crippen molar-refractivity contribution in [3.63, 3.8) is 0 Å². The molecule has 0 bridgehead atoms. The lowest BCUT2D eigenvalue weighted by Crippen LogP contribution is -2.54. The van der Waals surface area contributed by atoms with Crippen molar-refractivity contribution >= 4 is 75.6 Å². The summed E-state index contributed by atoms with van der Waals surface area (Å²) in [5, 5.41) is 55.2. The number of hydrogen-bond acceptors (Lipinski definition) is 18. The maximum absolute atomic E-state index is 12.6. The van der Waals surface area contributed by atoms with E-state index in [9.17, 15) is 58.9 Å². The third kappa shape index (κ3) is 29.5. The molecule has 0 aliphatic heterocycles. The van der Waals surface area contributed by atoms with Gasteiger partial charge in [-0.05, 0) is 192 Å². The lowest BCUT2D eigenvalue weighted by molar-refractivity contribution is -0.385. The smallest absolute Gasteiger partial charge is 0.407 e. The van der Waals surface area contributed by atoms with Crippen LogP contribution in [0.3, 0.4) is 0 Å².